The molecule has 0 saturated heterocycles. The predicted molar refractivity (Wildman–Crippen MR) is 68.9 cm³/mol. The van der Waals surface area contributed by atoms with Crippen LogP contribution in [0.15, 0.2) is 10.8 Å². The lowest BCUT2D eigenvalue weighted by molar-refractivity contribution is -0.120. The molecule has 0 radical (unpaired) electrons. The maximum Gasteiger partial charge on any atom is 0.226 e. The van der Waals surface area contributed by atoms with Gasteiger partial charge in [-0.2, -0.15) is 0 Å². The van der Waals surface area contributed by atoms with Crippen molar-refractivity contribution in [3.63, 3.8) is 0 Å². The first-order valence-electron chi connectivity index (χ1n) is 5.01. The highest BCUT2D eigenvalue weighted by atomic mass is 32.1. The maximum absolute atomic E-state index is 11.6. The Morgan fingerprint density at radius 3 is 2.71 bits per heavy atom. The van der Waals surface area contributed by atoms with Crippen LogP contribution in [0.5, 0.6) is 0 Å². The molecule has 0 atom stereocenters. The molecule has 0 aliphatic heterocycles. The Balaban J connectivity index is 1.82. The van der Waals surface area contributed by atoms with E-state index in [-0.39, 0.29) is 5.91 Å². The van der Waals surface area contributed by atoms with E-state index in [1.54, 1.807) is 11.3 Å². The van der Waals surface area contributed by atoms with E-state index in [9.17, 15) is 4.79 Å². The summed E-state index contributed by atoms with van der Waals surface area (Å²) in [5.41, 5.74) is 7.09. The Morgan fingerprint density at radius 2 is 2.12 bits per heavy atom. The maximum atomic E-state index is 11.6. The van der Waals surface area contributed by atoms with Crippen molar-refractivity contribution >= 4 is 33.7 Å². The highest BCUT2D eigenvalue weighted by Gasteiger charge is 2.07. The molecule has 0 saturated carbocycles. The average molecular weight is 268 g/mol. The van der Waals surface area contributed by atoms with Crippen LogP contribution in [0, 0.1) is 6.92 Å². The van der Waals surface area contributed by atoms with E-state index < -0.39 is 0 Å². The highest BCUT2D eigenvalue weighted by molar-refractivity contribution is 7.13. The first-order chi connectivity index (χ1) is 8.13. The van der Waals surface area contributed by atoms with Crippen LogP contribution in [-0.4, -0.2) is 15.9 Å². The van der Waals surface area contributed by atoms with Crippen LogP contribution in [0.2, 0.25) is 0 Å². The molecule has 0 fully saturated rings. The van der Waals surface area contributed by atoms with Gasteiger partial charge in [-0.25, -0.2) is 9.97 Å². The van der Waals surface area contributed by atoms with Crippen molar-refractivity contribution in [3.05, 3.63) is 27.2 Å². The molecule has 2 aromatic heterocycles. The van der Waals surface area contributed by atoms with Gasteiger partial charge in [-0.1, -0.05) is 0 Å². The first kappa shape index (κ1) is 12.0. The molecule has 17 heavy (non-hydrogen) atoms. The van der Waals surface area contributed by atoms with E-state index >= 15 is 0 Å². The van der Waals surface area contributed by atoms with Gasteiger partial charge in [-0.3, -0.25) is 4.79 Å². The van der Waals surface area contributed by atoms with Crippen molar-refractivity contribution in [3.8, 4) is 0 Å². The van der Waals surface area contributed by atoms with E-state index in [1.165, 1.54) is 11.3 Å². The van der Waals surface area contributed by atoms with Gasteiger partial charge in [-0.15, -0.1) is 22.7 Å². The predicted octanol–water partition coefficient (Wildman–Crippen LogP) is 1.35. The number of carbonyl (C=O) groups is 1. The molecule has 0 aromatic carbocycles. The molecule has 1 amide bonds. The van der Waals surface area contributed by atoms with Crippen LogP contribution in [0.3, 0.4) is 0 Å². The quantitative estimate of drug-likeness (QED) is 0.877. The van der Waals surface area contributed by atoms with Gasteiger partial charge in [0.25, 0.3) is 0 Å². The molecule has 0 unspecified atom stereocenters. The molecule has 0 aliphatic carbocycles. The number of nitrogens with zero attached hydrogens (tertiary/aromatic N) is 2. The fourth-order valence-corrected chi connectivity index (χ4v) is 2.48. The summed E-state index contributed by atoms with van der Waals surface area (Å²) in [5.74, 6) is -0.0538. The van der Waals surface area contributed by atoms with Gasteiger partial charge in [0.15, 0.2) is 5.13 Å². The van der Waals surface area contributed by atoms with E-state index in [2.05, 4.69) is 15.3 Å². The van der Waals surface area contributed by atoms with Gasteiger partial charge in [0, 0.05) is 10.8 Å². The van der Waals surface area contributed by atoms with Crippen LogP contribution >= 0.6 is 22.7 Å². The minimum atomic E-state index is -0.0538. The Bertz CT molecular complexity index is 520. The number of anilines is 1. The van der Waals surface area contributed by atoms with Gasteiger partial charge >= 0.3 is 0 Å². The molecule has 0 aliphatic rings. The standard InChI is InChI=1S/C10H12N4OS2/c1-6-13-7(4-16-6)2-9(15)12-3-8-5-17-10(11)14-8/h4-5H,2-3H2,1H3,(H2,11,14)(H,12,15). The molecular weight excluding hydrogens is 256 g/mol. The topological polar surface area (TPSA) is 80.9 Å². The van der Waals surface area contributed by atoms with Crippen molar-refractivity contribution in [2.75, 3.05) is 5.73 Å². The zero-order valence-electron chi connectivity index (χ0n) is 9.27. The lowest BCUT2D eigenvalue weighted by Gasteiger charge is -2.00. The zero-order chi connectivity index (χ0) is 12.3. The van der Waals surface area contributed by atoms with Gasteiger partial charge in [0.05, 0.1) is 29.4 Å². The second kappa shape index (κ2) is 5.24. The van der Waals surface area contributed by atoms with E-state index in [0.717, 1.165) is 16.4 Å². The van der Waals surface area contributed by atoms with E-state index in [0.29, 0.717) is 18.1 Å². The number of hydrogen-bond donors (Lipinski definition) is 2. The largest absolute Gasteiger partial charge is 0.375 e. The summed E-state index contributed by atoms with van der Waals surface area (Å²) in [6.45, 7) is 2.33. The second-order valence-electron chi connectivity index (χ2n) is 3.49. The smallest absolute Gasteiger partial charge is 0.226 e. The molecule has 0 bridgehead atoms. The number of nitrogen functional groups attached to an aromatic ring is 1. The van der Waals surface area contributed by atoms with Gasteiger partial charge in [-0.05, 0) is 6.92 Å². The van der Waals surface area contributed by atoms with Crippen molar-refractivity contribution in [2.24, 2.45) is 0 Å². The Morgan fingerprint density at radius 1 is 1.35 bits per heavy atom. The minimum Gasteiger partial charge on any atom is -0.375 e. The van der Waals surface area contributed by atoms with Gasteiger partial charge < -0.3 is 11.1 Å². The highest BCUT2D eigenvalue weighted by Crippen LogP contribution is 2.11. The summed E-state index contributed by atoms with van der Waals surface area (Å²) in [6, 6.07) is 0. The number of nitrogens with two attached hydrogens (primary N) is 1. The number of hydrogen-bond acceptors (Lipinski definition) is 6. The lowest BCUT2D eigenvalue weighted by Crippen LogP contribution is -2.24. The second-order valence-corrected chi connectivity index (χ2v) is 5.44. The third-order valence-corrected chi connectivity index (χ3v) is 3.59. The van der Waals surface area contributed by atoms with E-state index in [4.69, 9.17) is 5.73 Å². The summed E-state index contributed by atoms with van der Waals surface area (Å²) in [7, 11) is 0. The molecule has 2 aromatic rings. The first-order valence-corrected chi connectivity index (χ1v) is 6.77. The average Bonchev–Trinajstić information content (AvgIpc) is 2.85. The molecule has 2 rings (SSSR count). The van der Waals surface area contributed by atoms with Crippen LogP contribution in [-0.2, 0) is 17.8 Å². The summed E-state index contributed by atoms with van der Waals surface area (Å²) >= 11 is 2.91. The molecule has 2 heterocycles. The number of aryl methyl sites for hydroxylation is 1. The van der Waals surface area contributed by atoms with Crippen LogP contribution in [0.1, 0.15) is 16.4 Å². The molecule has 5 nitrogen and oxygen atoms in total. The molecule has 3 N–H and O–H groups in total. The number of thiazole rings is 2. The lowest BCUT2D eigenvalue weighted by atomic mass is 10.3. The molecule has 7 heteroatoms. The fourth-order valence-electron chi connectivity index (χ4n) is 1.31. The van der Waals surface area contributed by atoms with E-state index in [1.807, 2.05) is 17.7 Å². The monoisotopic (exact) mass is 268 g/mol. The number of carbonyl (C=O) groups excluding carboxylic acids is 1. The summed E-state index contributed by atoms with van der Waals surface area (Å²) in [6.07, 6.45) is 0.309. The van der Waals surface area contributed by atoms with Crippen molar-refractivity contribution in [1.29, 1.82) is 0 Å². The number of rotatable bonds is 4. The molecule has 90 valence electrons. The van der Waals surface area contributed by atoms with Crippen LogP contribution in [0.4, 0.5) is 5.13 Å². The minimum absolute atomic E-state index is 0.0538. The number of aromatic nitrogens is 2. The van der Waals surface area contributed by atoms with Crippen molar-refractivity contribution in [2.45, 2.75) is 19.9 Å². The molecule has 0 spiro atoms. The van der Waals surface area contributed by atoms with Gasteiger partial charge in [0.1, 0.15) is 0 Å². The van der Waals surface area contributed by atoms with Crippen LogP contribution < -0.4 is 11.1 Å². The SMILES string of the molecule is Cc1nc(CC(=O)NCc2csc(N)n2)cs1. The summed E-state index contributed by atoms with van der Waals surface area (Å²) < 4.78 is 0. The van der Waals surface area contributed by atoms with Crippen LogP contribution in [0.25, 0.3) is 0 Å². The zero-order valence-corrected chi connectivity index (χ0v) is 10.9. The Labute approximate surface area is 107 Å². The fraction of sp³-hybridized carbons (Fsp3) is 0.300. The Hall–Kier alpha value is -1.47. The third kappa shape index (κ3) is 3.50. The third-order valence-electron chi connectivity index (χ3n) is 2.04. The summed E-state index contributed by atoms with van der Waals surface area (Å²) in [5, 5.41) is 8.01. The molecular formula is C10H12N4OS2. The normalized spacial score (nSPS) is 10.4. The number of amides is 1. The van der Waals surface area contributed by atoms with Gasteiger partial charge in [0.2, 0.25) is 5.91 Å². The Kier molecular flexibility index (Phi) is 3.70. The van der Waals surface area contributed by atoms with Crippen molar-refractivity contribution in [1.82, 2.24) is 15.3 Å². The summed E-state index contributed by atoms with van der Waals surface area (Å²) in [4.78, 5) is 19.9. The van der Waals surface area contributed by atoms with Crippen molar-refractivity contribution < 1.29 is 4.79 Å². The number of nitrogens with one attached hydrogen (secondary N) is 1.